The number of aliphatic hydroxyl groups is 1. The fourth-order valence-electron chi connectivity index (χ4n) is 2.40. The maximum Gasteiger partial charge on any atom is 0.291 e. The van der Waals surface area contributed by atoms with E-state index in [1.54, 1.807) is 6.92 Å². The summed E-state index contributed by atoms with van der Waals surface area (Å²) in [6, 6.07) is 3.51. The van der Waals surface area contributed by atoms with E-state index in [4.69, 9.17) is 5.73 Å². The summed E-state index contributed by atoms with van der Waals surface area (Å²) in [5.74, 6) is -0.160. The molecule has 0 radical (unpaired) electrons. The van der Waals surface area contributed by atoms with Crippen LogP contribution >= 0.6 is 0 Å². The Morgan fingerprint density at radius 2 is 2.19 bits per heavy atom. The summed E-state index contributed by atoms with van der Waals surface area (Å²) in [5, 5.41) is 20.6. The van der Waals surface area contributed by atoms with Gasteiger partial charge in [0.25, 0.3) is 5.69 Å². The number of nitrogens with two attached hydrogens (primary N) is 1. The van der Waals surface area contributed by atoms with Gasteiger partial charge in [0.1, 0.15) is 0 Å². The number of hydrogen-bond acceptors (Lipinski definition) is 6. The van der Waals surface area contributed by atoms with Gasteiger partial charge in [0, 0.05) is 24.8 Å². The van der Waals surface area contributed by atoms with Crippen molar-refractivity contribution in [2.75, 3.05) is 18.8 Å². The molecule has 8 nitrogen and oxygen atoms in total. The first-order chi connectivity index (χ1) is 9.73. The Labute approximate surface area is 122 Å². The molecule has 1 aromatic rings. The van der Waals surface area contributed by atoms with Crippen LogP contribution in [0.4, 0.5) is 11.4 Å². The van der Waals surface area contributed by atoms with E-state index < -0.39 is 26.7 Å². The first-order valence-electron chi connectivity index (χ1n) is 6.45. The Morgan fingerprint density at radius 1 is 1.52 bits per heavy atom. The third-order valence-electron chi connectivity index (χ3n) is 3.67. The fraction of sp³-hybridized carbons (Fsp3) is 0.500. The van der Waals surface area contributed by atoms with Crippen LogP contribution in [0.5, 0.6) is 0 Å². The Balaban J connectivity index is 2.39. The Bertz CT molecular complexity index is 659. The standard InChI is InChI=1S/C12H17N3O5S/c1-8(16)9-4-5-14(7-9)21(19,20)12-3-2-10(13)6-11(12)15(17)18/h2-3,6,8-9,16H,4-5,7,13H2,1H3. The highest BCUT2D eigenvalue weighted by atomic mass is 32.2. The predicted molar refractivity (Wildman–Crippen MR) is 76.1 cm³/mol. The zero-order valence-corrected chi connectivity index (χ0v) is 12.3. The van der Waals surface area contributed by atoms with Crippen LogP contribution in [0.15, 0.2) is 23.1 Å². The van der Waals surface area contributed by atoms with E-state index in [0.29, 0.717) is 6.42 Å². The van der Waals surface area contributed by atoms with Crippen LogP contribution in [-0.4, -0.2) is 41.9 Å². The maximum atomic E-state index is 12.5. The number of sulfonamides is 1. The zero-order chi connectivity index (χ0) is 15.8. The summed E-state index contributed by atoms with van der Waals surface area (Å²) in [5.41, 5.74) is 5.07. The molecule has 2 rings (SSSR count). The molecule has 0 aliphatic carbocycles. The van der Waals surface area contributed by atoms with Crippen LogP contribution in [-0.2, 0) is 10.0 Å². The lowest BCUT2D eigenvalue weighted by atomic mass is 10.0. The van der Waals surface area contributed by atoms with Crippen molar-refractivity contribution in [3.05, 3.63) is 28.3 Å². The quantitative estimate of drug-likeness (QED) is 0.475. The molecular formula is C12H17N3O5S. The molecule has 2 unspecified atom stereocenters. The van der Waals surface area contributed by atoms with Crippen LogP contribution in [0, 0.1) is 16.0 Å². The number of benzene rings is 1. The highest BCUT2D eigenvalue weighted by Crippen LogP contribution is 2.32. The van der Waals surface area contributed by atoms with E-state index in [2.05, 4.69) is 0 Å². The number of nitrogen functional groups attached to an aromatic ring is 1. The molecule has 1 aromatic carbocycles. The van der Waals surface area contributed by atoms with E-state index in [9.17, 15) is 23.6 Å². The third kappa shape index (κ3) is 2.99. The Morgan fingerprint density at radius 3 is 2.71 bits per heavy atom. The van der Waals surface area contributed by atoms with Crippen molar-refractivity contribution in [2.45, 2.75) is 24.3 Å². The first kappa shape index (κ1) is 15.7. The molecule has 0 amide bonds. The molecule has 3 N–H and O–H groups in total. The van der Waals surface area contributed by atoms with Gasteiger partial charge in [-0.3, -0.25) is 10.1 Å². The summed E-state index contributed by atoms with van der Waals surface area (Å²) in [7, 11) is -3.97. The van der Waals surface area contributed by atoms with Crippen LogP contribution in [0.25, 0.3) is 0 Å². The molecule has 1 saturated heterocycles. The van der Waals surface area contributed by atoms with Gasteiger partial charge in [-0.1, -0.05) is 0 Å². The predicted octanol–water partition coefficient (Wildman–Crippen LogP) is 0.568. The van der Waals surface area contributed by atoms with Crippen molar-refractivity contribution in [2.24, 2.45) is 5.92 Å². The molecule has 1 aliphatic heterocycles. The number of nitrogens with zero attached hydrogens (tertiary/aromatic N) is 2. The second-order valence-electron chi connectivity index (χ2n) is 5.14. The average Bonchev–Trinajstić information content (AvgIpc) is 2.88. The lowest BCUT2D eigenvalue weighted by molar-refractivity contribution is -0.387. The molecule has 9 heteroatoms. The van der Waals surface area contributed by atoms with Gasteiger partial charge in [0.15, 0.2) is 4.90 Å². The summed E-state index contributed by atoms with van der Waals surface area (Å²) >= 11 is 0. The fourth-order valence-corrected chi connectivity index (χ4v) is 4.05. The van der Waals surface area contributed by atoms with Gasteiger partial charge in [-0.2, -0.15) is 4.31 Å². The minimum Gasteiger partial charge on any atom is -0.399 e. The monoisotopic (exact) mass is 315 g/mol. The van der Waals surface area contributed by atoms with Crippen molar-refractivity contribution in [1.29, 1.82) is 0 Å². The van der Waals surface area contributed by atoms with Gasteiger partial charge in [-0.05, 0) is 31.4 Å². The molecule has 2 atom stereocenters. The van der Waals surface area contributed by atoms with Crippen molar-refractivity contribution < 1.29 is 18.4 Å². The zero-order valence-electron chi connectivity index (χ0n) is 11.5. The number of nitro groups is 1. The van der Waals surface area contributed by atoms with Gasteiger partial charge in [-0.15, -0.1) is 0 Å². The van der Waals surface area contributed by atoms with E-state index >= 15 is 0 Å². The lowest BCUT2D eigenvalue weighted by Gasteiger charge is -2.17. The number of hydrogen-bond donors (Lipinski definition) is 2. The smallest absolute Gasteiger partial charge is 0.291 e. The lowest BCUT2D eigenvalue weighted by Crippen LogP contribution is -2.31. The van der Waals surface area contributed by atoms with E-state index in [1.165, 1.54) is 10.4 Å². The molecule has 21 heavy (non-hydrogen) atoms. The maximum absolute atomic E-state index is 12.5. The number of nitro benzene ring substituents is 1. The third-order valence-corrected chi connectivity index (χ3v) is 5.58. The van der Waals surface area contributed by atoms with Gasteiger partial charge in [0.2, 0.25) is 10.0 Å². The number of rotatable bonds is 4. The van der Waals surface area contributed by atoms with Gasteiger partial charge in [-0.25, -0.2) is 8.42 Å². The molecule has 1 fully saturated rings. The second-order valence-corrected chi connectivity index (χ2v) is 7.04. The molecule has 0 aromatic heterocycles. The largest absolute Gasteiger partial charge is 0.399 e. The molecule has 116 valence electrons. The molecule has 1 aliphatic rings. The van der Waals surface area contributed by atoms with E-state index in [0.717, 1.165) is 12.1 Å². The van der Waals surface area contributed by atoms with Crippen LogP contribution < -0.4 is 5.73 Å². The van der Waals surface area contributed by atoms with Gasteiger partial charge >= 0.3 is 0 Å². The minimum absolute atomic E-state index is 0.129. The molecule has 0 saturated carbocycles. The summed E-state index contributed by atoms with van der Waals surface area (Å²) in [6.07, 6.45) is -0.0914. The van der Waals surface area contributed by atoms with Gasteiger partial charge in [0.05, 0.1) is 11.0 Å². The molecular weight excluding hydrogens is 298 g/mol. The Kier molecular flexibility index (Phi) is 4.17. The number of anilines is 1. The minimum atomic E-state index is -3.97. The molecule has 0 spiro atoms. The van der Waals surface area contributed by atoms with Crippen LogP contribution in [0.1, 0.15) is 13.3 Å². The normalized spacial score (nSPS) is 21.3. The highest BCUT2D eigenvalue weighted by molar-refractivity contribution is 7.89. The summed E-state index contributed by atoms with van der Waals surface area (Å²) in [4.78, 5) is 9.91. The van der Waals surface area contributed by atoms with Gasteiger partial charge < -0.3 is 10.8 Å². The first-order valence-corrected chi connectivity index (χ1v) is 7.89. The molecule has 1 heterocycles. The number of aliphatic hydroxyl groups excluding tert-OH is 1. The summed E-state index contributed by atoms with van der Waals surface area (Å²) in [6.45, 7) is 1.99. The SMILES string of the molecule is CC(O)C1CCN(S(=O)(=O)c2ccc(N)cc2[N+](=O)[O-])C1. The van der Waals surface area contributed by atoms with Crippen molar-refractivity contribution >= 4 is 21.4 Å². The van der Waals surface area contributed by atoms with Crippen molar-refractivity contribution in [3.8, 4) is 0 Å². The highest BCUT2D eigenvalue weighted by Gasteiger charge is 2.37. The van der Waals surface area contributed by atoms with Crippen LogP contribution in [0.2, 0.25) is 0 Å². The van der Waals surface area contributed by atoms with E-state index in [1.807, 2.05) is 0 Å². The van der Waals surface area contributed by atoms with Crippen molar-refractivity contribution in [3.63, 3.8) is 0 Å². The summed E-state index contributed by atoms with van der Waals surface area (Å²) < 4.78 is 26.2. The topological polar surface area (TPSA) is 127 Å². The molecule has 0 bridgehead atoms. The van der Waals surface area contributed by atoms with Crippen molar-refractivity contribution in [1.82, 2.24) is 4.31 Å². The van der Waals surface area contributed by atoms with Crippen LogP contribution in [0.3, 0.4) is 0 Å². The average molecular weight is 315 g/mol. The second kappa shape index (κ2) is 5.58. The Hall–Kier alpha value is -1.71. The van der Waals surface area contributed by atoms with E-state index in [-0.39, 0.29) is 29.6 Å².